The van der Waals surface area contributed by atoms with Crippen LogP contribution in [0, 0.1) is 29.6 Å². The molecule has 0 spiro atoms. The van der Waals surface area contributed by atoms with Gasteiger partial charge in [0.2, 0.25) is 11.8 Å². The Morgan fingerprint density at radius 1 is 1.06 bits per heavy atom. The highest BCUT2D eigenvalue weighted by Gasteiger charge is 2.48. The van der Waals surface area contributed by atoms with Crippen LogP contribution in [-0.2, 0) is 9.59 Å². The standard InChI is InChI=1S/C24H29N3O4/c25-23(30)21(12-28)27-5-4-17-18(24(27)31)2-1-3-20(17)26-22(29)11-19-15-7-13-6-14(9-15)10-16(19)8-13/h1-5,13-16,19,21,28H,6-12H2,(H2,25,30)(H,26,29)/t13?,14?,15?,16?,19?,21-/m1/s1. The molecule has 4 aliphatic rings. The minimum Gasteiger partial charge on any atom is -0.394 e. The molecule has 4 fully saturated rings. The second kappa shape index (κ2) is 7.79. The minimum absolute atomic E-state index is 0.000442. The maximum Gasteiger partial charge on any atom is 0.259 e. The van der Waals surface area contributed by atoms with Gasteiger partial charge < -0.3 is 20.7 Å². The van der Waals surface area contributed by atoms with Crippen LogP contribution in [0.5, 0.6) is 0 Å². The molecule has 2 amide bonds. The monoisotopic (exact) mass is 423 g/mol. The number of fused-ring (bicyclic) bond motifs is 1. The summed E-state index contributed by atoms with van der Waals surface area (Å²) in [5, 5.41) is 13.5. The first-order valence-corrected chi connectivity index (χ1v) is 11.3. The largest absolute Gasteiger partial charge is 0.394 e. The first kappa shape index (κ1) is 20.2. The quantitative estimate of drug-likeness (QED) is 0.662. The zero-order chi connectivity index (χ0) is 21.7. The highest BCUT2D eigenvalue weighted by Crippen LogP contribution is 2.57. The number of carbonyl (C=O) groups excluding carboxylic acids is 2. The van der Waals surface area contributed by atoms with Crippen molar-refractivity contribution in [3.8, 4) is 0 Å². The van der Waals surface area contributed by atoms with Crippen LogP contribution in [0.1, 0.15) is 44.6 Å². The Hall–Kier alpha value is -2.67. The summed E-state index contributed by atoms with van der Waals surface area (Å²) in [7, 11) is 0. The molecule has 164 valence electrons. The molecule has 4 N–H and O–H groups in total. The number of benzene rings is 1. The molecule has 0 saturated heterocycles. The Bertz CT molecular complexity index is 1060. The van der Waals surface area contributed by atoms with E-state index in [-0.39, 0.29) is 5.91 Å². The summed E-state index contributed by atoms with van der Waals surface area (Å²) >= 11 is 0. The van der Waals surface area contributed by atoms with Gasteiger partial charge in [-0.15, -0.1) is 0 Å². The Kier molecular flexibility index (Phi) is 5.08. The maximum absolute atomic E-state index is 13.0. The van der Waals surface area contributed by atoms with Crippen LogP contribution >= 0.6 is 0 Å². The number of nitrogens with one attached hydrogen (secondary N) is 1. The van der Waals surface area contributed by atoms with Gasteiger partial charge in [0.1, 0.15) is 6.04 Å². The van der Waals surface area contributed by atoms with Crippen molar-refractivity contribution in [3.05, 3.63) is 40.8 Å². The molecule has 2 aromatic rings. The van der Waals surface area contributed by atoms with E-state index in [1.54, 1.807) is 24.3 Å². The van der Waals surface area contributed by atoms with Crippen LogP contribution in [0.15, 0.2) is 35.3 Å². The Morgan fingerprint density at radius 2 is 1.74 bits per heavy atom. The average Bonchev–Trinajstić information content (AvgIpc) is 2.72. The van der Waals surface area contributed by atoms with Gasteiger partial charge in [-0.3, -0.25) is 14.4 Å². The third-order valence-corrected chi connectivity index (χ3v) is 7.93. The molecule has 1 atom stereocenters. The van der Waals surface area contributed by atoms with Crippen molar-refractivity contribution in [3.63, 3.8) is 0 Å². The molecule has 7 nitrogen and oxygen atoms in total. The SMILES string of the molecule is NC(=O)[C@@H](CO)n1ccc2c(NC(=O)CC3C4CC5CC(C4)CC3C5)cccc2c1=O. The second-order valence-corrected chi connectivity index (χ2v) is 9.74. The van der Waals surface area contributed by atoms with Crippen LogP contribution in [0.4, 0.5) is 5.69 Å². The van der Waals surface area contributed by atoms with E-state index in [1.165, 1.54) is 38.3 Å². The van der Waals surface area contributed by atoms with Crippen molar-refractivity contribution in [1.82, 2.24) is 4.57 Å². The summed E-state index contributed by atoms with van der Waals surface area (Å²) in [6, 6.07) is 5.72. The molecule has 31 heavy (non-hydrogen) atoms. The predicted molar refractivity (Wildman–Crippen MR) is 117 cm³/mol. The molecule has 6 rings (SSSR count). The fraction of sp³-hybridized carbons (Fsp3) is 0.542. The number of primary amides is 1. The average molecular weight is 424 g/mol. The molecule has 4 bridgehead atoms. The molecule has 1 aromatic heterocycles. The molecule has 7 heteroatoms. The molecule has 1 heterocycles. The number of aliphatic hydroxyl groups is 1. The van der Waals surface area contributed by atoms with Crippen molar-refractivity contribution >= 4 is 28.3 Å². The summed E-state index contributed by atoms with van der Waals surface area (Å²) in [6.07, 6.45) is 8.51. The minimum atomic E-state index is -1.12. The second-order valence-electron chi connectivity index (χ2n) is 9.74. The van der Waals surface area contributed by atoms with E-state index in [4.69, 9.17) is 5.73 Å². The highest BCUT2D eigenvalue weighted by atomic mass is 16.3. The molecule has 0 unspecified atom stereocenters. The van der Waals surface area contributed by atoms with Gasteiger partial charge in [-0.1, -0.05) is 6.07 Å². The van der Waals surface area contributed by atoms with Crippen molar-refractivity contribution in [2.45, 2.75) is 44.6 Å². The number of amides is 2. The number of aromatic nitrogens is 1. The van der Waals surface area contributed by atoms with E-state index in [0.29, 0.717) is 40.6 Å². The number of rotatable bonds is 6. The van der Waals surface area contributed by atoms with E-state index in [9.17, 15) is 19.5 Å². The number of hydrogen-bond donors (Lipinski definition) is 3. The van der Waals surface area contributed by atoms with Crippen LogP contribution in [0.25, 0.3) is 10.8 Å². The molecule has 0 radical (unpaired) electrons. The van der Waals surface area contributed by atoms with Gasteiger partial charge in [-0.2, -0.15) is 0 Å². The number of anilines is 1. The van der Waals surface area contributed by atoms with E-state index in [2.05, 4.69) is 5.32 Å². The van der Waals surface area contributed by atoms with E-state index >= 15 is 0 Å². The lowest BCUT2D eigenvalue weighted by Crippen LogP contribution is -2.46. The number of nitrogens with two attached hydrogens (primary N) is 1. The third-order valence-electron chi connectivity index (χ3n) is 7.93. The van der Waals surface area contributed by atoms with Gasteiger partial charge in [0.25, 0.3) is 5.56 Å². The topological polar surface area (TPSA) is 114 Å². The predicted octanol–water partition coefficient (Wildman–Crippen LogP) is 2.42. The number of pyridine rings is 1. The van der Waals surface area contributed by atoms with Gasteiger partial charge >= 0.3 is 0 Å². The lowest BCUT2D eigenvalue weighted by Gasteiger charge is -2.54. The third kappa shape index (κ3) is 3.55. The number of carbonyl (C=O) groups is 2. The Morgan fingerprint density at radius 3 is 2.35 bits per heavy atom. The van der Waals surface area contributed by atoms with Crippen LogP contribution in [0.2, 0.25) is 0 Å². The van der Waals surface area contributed by atoms with Crippen LogP contribution in [0.3, 0.4) is 0 Å². The smallest absolute Gasteiger partial charge is 0.259 e. The highest BCUT2D eigenvalue weighted by molar-refractivity contribution is 6.02. The fourth-order valence-corrected chi connectivity index (χ4v) is 6.75. The van der Waals surface area contributed by atoms with Gasteiger partial charge in [0.05, 0.1) is 6.61 Å². The molecular weight excluding hydrogens is 394 g/mol. The molecule has 4 saturated carbocycles. The van der Waals surface area contributed by atoms with Crippen molar-refractivity contribution in [1.29, 1.82) is 0 Å². The molecule has 4 aliphatic carbocycles. The summed E-state index contributed by atoms with van der Waals surface area (Å²) in [4.78, 5) is 37.4. The van der Waals surface area contributed by atoms with E-state index in [0.717, 1.165) is 16.4 Å². The maximum atomic E-state index is 13.0. The zero-order valence-electron chi connectivity index (χ0n) is 17.5. The van der Waals surface area contributed by atoms with E-state index in [1.807, 2.05) is 0 Å². The van der Waals surface area contributed by atoms with Gasteiger partial charge in [-0.05, 0) is 79.9 Å². The number of nitrogens with zero attached hydrogens (tertiary/aromatic N) is 1. The van der Waals surface area contributed by atoms with Gasteiger partial charge in [0.15, 0.2) is 0 Å². The first-order chi connectivity index (χ1) is 14.9. The first-order valence-electron chi connectivity index (χ1n) is 11.3. The molecule has 1 aromatic carbocycles. The lowest BCUT2D eigenvalue weighted by atomic mass is 9.51. The van der Waals surface area contributed by atoms with Crippen molar-refractivity contribution in [2.75, 3.05) is 11.9 Å². The molecule has 0 aliphatic heterocycles. The Balaban J connectivity index is 1.37. The summed E-state index contributed by atoms with van der Waals surface area (Å²) in [6.45, 7) is -0.553. The number of aliphatic hydroxyl groups excluding tert-OH is 1. The van der Waals surface area contributed by atoms with E-state index < -0.39 is 24.1 Å². The van der Waals surface area contributed by atoms with Crippen LogP contribution < -0.4 is 16.6 Å². The zero-order valence-corrected chi connectivity index (χ0v) is 17.5. The lowest BCUT2D eigenvalue weighted by molar-refractivity contribution is -0.122. The van der Waals surface area contributed by atoms with Crippen LogP contribution in [-0.4, -0.2) is 28.1 Å². The van der Waals surface area contributed by atoms with Crippen molar-refractivity contribution < 1.29 is 14.7 Å². The summed E-state index contributed by atoms with van der Waals surface area (Å²) < 4.78 is 1.14. The Labute approximate surface area is 180 Å². The number of hydrogen-bond acceptors (Lipinski definition) is 4. The fourth-order valence-electron chi connectivity index (χ4n) is 6.75. The summed E-state index contributed by atoms with van der Waals surface area (Å²) in [5.74, 6) is 2.83. The van der Waals surface area contributed by atoms with Crippen molar-refractivity contribution in [2.24, 2.45) is 35.3 Å². The van der Waals surface area contributed by atoms with Gasteiger partial charge in [-0.25, -0.2) is 0 Å². The van der Waals surface area contributed by atoms with Gasteiger partial charge in [0, 0.05) is 29.1 Å². The normalized spacial score (nSPS) is 29.8. The molecular formula is C24H29N3O4. The summed E-state index contributed by atoms with van der Waals surface area (Å²) in [5.41, 5.74) is 5.48.